The number of fused-ring (bicyclic) bond motifs is 7. The molecule has 36 heavy (non-hydrogen) atoms. The monoisotopic (exact) mass is 502 g/mol. The third kappa shape index (κ3) is 2.81. The van der Waals surface area contributed by atoms with Crippen molar-refractivity contribution >= 4 is 11.9 Å². The molecule has 0 amide bonds. The maximum atomic E-state index is 13.2. The number of rotatable bonds is 3. The Kier molecular flexibility index (Phi) is 5.69. The number of aliphatic hydroxyl groups excluding tert-OH is 2. The average Bonchev–Trinajstić information content (AvgIpc) is 3.16. The van der Waals surface area contributed by atoms with Gasteiger partial charge in [0.2, 0.25) is 0 Å². The fraction of sp³-hybridized carbons (Fsp3) is 0.867. The molecule has 0 heterocycles. The van der Waals surface area contributed by atoms with E-state index in [1.807, 2.05) is 0 Å². The van der Waals surface area contributed by atoms with Crippen LogP contribution >= 0.6 is 0 Å². The minimum absolute atomic E-state index is 0.0479. The Bertz CT molecular complexity index is 1000. The summed E-state index contributed by atoms with van der Waals surface area (Å²) < 4.78 is 0. The fourth-order valence-electron chi connectivity index (χ4n) is 11.2. The third-order valence-corrected chi connectivity index (χ3v) is 13.3. The molecule has 0 spiro atoms. The molecule has 6 heteroatoms. The highest BCUT2D eigenvalue weighted by Gasteiger charge is 2.73. The van der Waals surface area contributed by atoms with Crippen molar-refractivity contribution in [3.63, 3.8) is 0 Å². The SMILES string of the molecule is CC(C)C1CCC2C1(C)CCC1(C)C3CCC4C(C(=O)O)(CC(O)C(O)C4(C)C(=O)O)C3=CCC21C. The van der Waals surface area contributed by atoms with Crippen molar-refractivity contribution in [2.24, 2.45) is 56.7 Å². The Labute approximate surface area is 215 Å². The molecule has 6 nitrogen and oxygen atoms in total. The molecular weight excluding hydrogens is 456 g/mol. The predicted octanol–water partition coefficient (Wildman–Crippen LogP) is 5.13. The van der Waals surface area contributed by atoms with Gasteiger partial charge in [-0.25, -0.2) is 0 Å². The largest absolute Gasteiger partial charge is 0.481 e. The second-order valence-electron chi connectivity index (χ2n) is 14.4. The van der Waals surface area contributed by atoms with Crippen molar-refractivity contribution < 1.29 is 30.0 Å². The van der Waals surface area contributed by atoms with Crippen LogP contribution in [0.5, 0.6) is 0 Å². The van der Waals surface area contributed by atoms with Gasteiger partial charge >= 0.3 is 11.9 Å². The van der Waals surface area contributed by atoms with Gasteiger partial charge in [0.1, 0.15) is 0 Å². The number of carbonyl (C=O) groups is 2. The van der Waals surface area contributed by atoms with Crippen molar-refractivity contribution in [2.75, 3.05) is 0 Å². The lowest BCUT2D eigenvalue weighted by Crippen LogP contribution is -2.68. The lowest BCUT2D eigenvalue weighted by Gasteiger charge is -2.68. The first-order valence-corrected chi connectivity index (χ1v) is 14.2. The van der Waals surface area contributed by atoms with Crippen LogP contribution in [0.1, 0.15) is 92.9 Å². The number of hydrogen-bond acceptors (Lipinski definition) is 4. The molecule has 0 saturated heterocycles. The first-order chi connectivity index (χ1) is 16.6. The molecule has 0 aliphatic heterocycles. The van der Waals surface area contributed by atoms with Gasteiger partial charge < -0.3 is 20.4 Å². The minimum atomic E-state index is -1.72. The summed E-state index contributed by atoms with van der Waals surface area (Å²) in [6, 6.07) is 0. The van der Waals surface area contributed by atoms with Crippen LogP contribution in [-0.4, -0.2) is 44.6 Å². The van der Waals surface area contributed by atoms with Crippen molar-refractivity contribution in [3.05, 3.63) is 11.6 Å². The Morgan fingerprint density at radius 1 is 0.889 bits per heavy atom. The first kappa shape index (κ1) is 26.2. The number of carboxylic acids is 2. The number of aliphatic hydroxyl groups is 2. The number of carboxylic acid groups (broad SMARTS) is 2. The van der Waals surface area contributed by atoms with E-state index in [9.17, 15) is 30.0 Å². The second-order valence-corrected chi connectivity index (χ2v) is 14.4. The van der Waals surface area contributed by atoms with Crippen LogP contribution < -0.4 is 0 Å². The molecular formula is C30H46O6. The van der Waals surface area contributed by atoms with E-state index < -0.39 is 40.9 Å². The molecule has 0 aromatic carbocycles. The normalized spacial score (nSPS) is 54.1. The van der Waals surface area contributed by atoms with Gasteiger partial charge in [0, 0.05) is 0 Å². The van der Waals surface area contributed by atoms with E-state index >= 15 is 0 Å². The Morgan fingerprint density at radius 2 is 1.53 bits per heavy atom. The molecule has 4 fully saturated rings. The summed E-state index contributed by atoms with van der Waals surface area (Å²) in [4.78, 5) is 25.7. The summed E-state index contributed by atoms with van der Waals surface area (Å²) >= 11 is 0. The highest BCUT2D eigenvalue weighted by atomic mass is 16.4. The summed E-state index contributed by atoms with van der Waals surface area (Å²) in [5, 5.41) is 42.7. The van der Waals surface area contributed by atoms with Crippen molar-refractivity contribution in [3.8, 4) is 0 Å². The summed E-state index contributed by atoms with van der Waals surface area (Å²) in [5.41, 5.74) is -2.08. The van der Waals surface area contributed by atoms with E-state index in [2.05, 4.69) is 40.7 Å². The molecule has 4 saturated carbocycles. The average molecular weight is 503 g/mol. The summed E-state index contributed by atoms with van der Waals surface area (Å²) in [6.45, 7) is 13.5. The quantitative estimate of drug-likeness (QED) is 0.398. The van der Waals surface area contributed by atoms with Crippen molar-refractivity contribution in [1.82, 2.24) is 0 Å². The maximum Gasteiger partial charge on any atom is 0.314 e. The van der Waals surface area contributed by atoms with Gasteiger partial charge in [0.15, 0.2) is 0 Å². The van der Waals surface area contributed by atoms with Gasteiger partial charge in [-0.3, -0.25) is 9.59 Å². The fourth-order valence-corrected chi connectivity index (χ4v) is 11.2. The van der Waals surface area contributed by atoms with Gasteiger partial charge in [-0.1, -0.05) is 46.3 Å². The van der Waals surface area contributed by atoms with Gasteiger partial charge in [0.25, 0.3) is 0 Å². The second kappa shape index (κ2) is 7.81. The van der Waals surface area contributed by atoms with E-state index in [-0.39, 0.29) is 23.2 Å². The zero-order valence-corrected chi connectivity index (χ0v) is 22.9. The Morgan fingerprint density at radius 3 is 2.11 bits per heavy atom. The van der Waals surface area contributed by atoms with Gasteiger partial charge in [-0.05, 0) is 104 Å². The molecule has 5 aliphatic carbocycles. The number of aliphatic carboxylic acids is 2. The van der Waals surface area contributed by atoms with Gasteiger partial charge in [0.05, 0.1) is 23.0 Å². The van der Waals surface area contributed by atoms with Gasteiger partial charge in [-0.15, -0.1) is 0 Å². The molecule has 202 valence electrons. The Hall–Kier alpha value is -1.40. The molecule has 0 aromatic heterocycles. The molecule has 11 atom stereocenters. The summed E-state index contributed by atoms with van der Waals surface area (Å²) in [5.74, 6) is -1.05. The predicted molar refractivity (Wildman–Crippen MR) is 136 cm³/mol. The molecule has 11 unspecified atom stereocenters. The van der Waals surface area contributed by atoms with Crippen LogP contribution in [0.2, 0.25) is 0 Å². The van der Waals surface area contributed by atoms with E-state index in [0.717, 1.165) is 31.3 Å². The molecule has 5 aliphatic rings. The van der Waals surface area contributed by atoms with Crippen LogP contribution in [0, 0.1) is 56.7 Å². The smallest absolute Gasteiger partial charge is 0.314 e. The van der Waals surface area contributed by atoms with Crippen LogP contribution in [0.3, 0.4) is 0 Å². The molecule has 5 rings (SSSR count). The number of allylic oxidation sites excluding steroid dienone is 1. The molecule has 0 radical (unpaired) electrons. The van der Waals surface area contributed by atoms with E-state index in [1.54, 1.807) is 0 Å². The highest BCUT2D eigenvalue weighted by Crippen LogP contribution is 2.76. The lowest BCUT2D eigenvalue weighted by atomic mass is 9.35. The molecule has 4 N–H and O–H groups in total. The molecule has 0 bridgehead atoms. The zero-order valence-electron chi connectivity index (χ0n) is 22.9. The third-order valence-electron chi connectivity index (χ3n) is 13.3. The Balaban J connectivity index is 1.64. The highest BCUT2D eigenvalue weighted by molar-refractivity contribution is 5.84. The standard InChI is InChI=1S/C30H46O6/c1-16(2)17-7-9-21-26(17,3)13-14-27(4)18-8-10-22-29(6,24(33)34)23(32)20(31)15-30(22,25(35)36)19(18)11-12-28(21,27)5/h11,16-18,20-23,31-32H,7-10,12-15H2,1-6H3,(H,33,34)(H,35,36). The number of hydrogen-bond donors (Lipinski definition) is 4. The van der Waals surface area contributed by atoms with Crippen LogP contribution in [0.25, 0.3) is 0 Å². The van der Waals surface area contributed by atoms with Crippen LogP contribution in [0.15, 0.2) is 11.6 Å². The lowest BCUT2D eigenvalue weighted by molar-refractivity contribution is -0.214. The van der Waals surface area contributed by atoms with Gasteiger partial charge in [-0.2, -0.15) is 0 Å². The van der Waals surface area contributed by atoms with E-state index in [1.165, 1.54) is 19.8 Å². The minimum Gasteiger partial charge on any atom is -0.481 e. The van der Waals surface area contributed by atoms with E-state index in [4.69, 9.17) is 0 Å². The topological polar surface area (TPSA) is 115 Å². The van der Waals surface area contributed by atoms with Crippen LogP contribution in [-0.2, 0) is 9.59 Å². The summed E-state index contributed by atoms with van der Waals surface area (Å²) in [7, 11) is 0. The van der Waals surface area contributed by atoms with Crippen molar-refractivity contribution in [1.29, 1.82) is 0 Å². The summed E-state index contributed by atoms with van der Waals surface area (Å²) in [6.07, 6.45) is 5.79. The van der Waals surface area contributed by atoms with Crippen molar-refractivity contribution in [2.45, 2.75) is 105 Å². The zero-order chi connectivity index (χ0) is 26.6. The van der Waals surface area contributed by atoms with Crippen LogP contribution in [0.4, 0.5) is 0 Å². The molecule has 0 aromatic rings. The van der Waals surface area contributed by atoms with E-state index in [0.29, 0.717) is 29.6 Å². The first-order valence-electron chi connectivity index (χ1n) is 14.2. The maximum absolute atomic E-state index is 13.2.